The first-order valence-corrected chi connectivity index (χ1v) is 12.4. The fraction of sp³-hybridized carbons (Fsp3) is 0.391. The van der Waals surface area contributed by atoms with Gasteiger partial charge < -0.3 is 10.2 Å². The molecule has 8 heteroatoms. The highest BCUT2D eigenvalue weighted by atomic mass is 35.5. The topological polar surface area (TPSA) is 83.6 Å². The molecule has 1 aliphatic carbocycles. The van der Waals surface area contributed by atoms with E-state index in [0.29, 0.717) is 17.1 Å². The van der Waals surface area contributed by atoms with Gasteiger partial charge in [0.05, 0.1) is 10.6 Å². The fourth-order valence-corrected chi connectivity index (χ4v) is 5.43. The smallest absolute Gasteiger partial charge is 0.230 e. The van der Waals surface area contributed by atoms with E-state index in [1.54, 1.807) is 43.3 Å². The van der Waals surface area contributed by atoms with Gasteiger partial charge in [0, 0.05) is 34.8 Å². The van der Waals surface area contributed by atoms with Gasteiger partial charge in [0.1, 0.15) is 0 Å². The van der Waals surface area contributed by atoms with Crippen molar-refractivity contribution < 1.29 is 18.0 Å². The zero-order valence-electron chi connectivity index (χ0n) is 17.5. The SMILES string of the molecule is Cc1c(Cl)cccc1NC(=O)CCS(=O)(=O)c1ccc2c(c1)C[C@@H](C)N2C(=O)C1CC1. The summed E-state index contributed by atoms with van der Waals surface area (Å²) in [6.45, 7) is 3.77. The molecule has 4 rings (SSSR count). The molecule has 1 fully saturated rings. The molecule has 0 unspecified atom stereocenters. The molecule has 1 N–H and O–H groups in total. The van der Waals surface area contributed by atoms with Crippen molar-refractivity contribution in [2.45, 2.75) is 50.5 Å². The summed E-state index contributed by atoms with van der Waals surface area (Å²) in [5.74, 6) is -0.435. The third-order valence-corrected chi connectivity index (χ3v) is 8.05. The Bertz CT molecular complexity index is 1160. The summed E-state index contributed by atoms with van der Waals surface area (Å²) in [7, 11) is -3.64. The zero-order chi connectivity index (χ0) is 22.3. The predicted octanol–water partition coefficient (Wildman–Crippen LogP) is 4.14. The molecule has 0 saturated heterocycles. The number of rotatable bonds is 6. The number of anilines is 2. The van der Waals surface area contributed by atoms with E-state index in [2.05, 4.69) is 5.32 Å². The van der Waals surface area contributed by atoms with Gasteiger partial charge in [-0.2, -0.15) is 0 Å². The average Bonchev–Trinajstić information content (AvgIpc) is 3.51. The van der Waals surface area contributed by atoms with E-state index in [1.807, 2.05) is 11.8 Å². The third kappa shape index (κ3) is 4.48. The van der Waals surface area contributed by atoms with Crippen molar-refractivity contribution in [1.82, 2.24) is 0 Å². The molecule has 2 aliphatic rings. The quantitative estimate of drug-likeness (QED) is 0.702. The van der Waals surface area contributed by atoms with E-state index in [9.17, 15) is 18.0 Å². The van der Waals surface area contributed by atoms with Crippen LogP contribution in [0.3, 0.4) is 0 Å². The molecular formula is C23H25ClN2O4S. The minimum absolute atomic E-state index is 0.0211. The summed E-state index contributed by atoms with van der Waals surface area (Å²) in [6, 6.07) is 10.1. The Kier molecular flexibility index (Phi) is 5.83. The van der Waals surface area contributed by atoms with Gasteiger partial charge in [-0.1, -0.05) is 17.7 Å². The third-order valence-electron chi connectivity index (χ3n) is 5.93. The van der Waals surface area contributed by atoms with Gasteiger partial charge >= 0.3 is 0 Å². The second kappa shape index (κ2) is 8.28. The lowest BCUT2D eigenvalue weighted by Crippen LogP contribution is -2.36. The van der Waals surface area contributed by atoms with Crippen molar-refractivity contribution in [1.29, 1.82) is 0 Å². The van der Waals surface area contributed by atoms with Crippen LogP contribution in [0.5, 0.6) is 0 Å². The number of hydrogen-bond acceptors (Lipinski definition) is 4. The maximum Gasteiger partial charge on any atom is 0.230 e. The molecule has 2 aromatic carbocycles. The number of amides is 2. The average molecular weight is 461 g/mol. The standard InChI is InChI=1S/C23H25ClN2O4S/c1-14-12-17-13-18(8-9-21(17)26(14)23(28)16-6-7-16)31(29,30)11-10-22(27)25-20-5-3-4-19(24)15(20)2/h3-5,8-9,13-14,16H,6-7,10-12H2,1-2H3,(H,25,27)/t14-/m1/s1. The van der Waals surface area contributed by atoms with Crippen LogP contribution in [0.25, 0.3) is 0 Å². The normalized spacial score (nSPS) is 18.0. The maximum atomic E-state index is 12.8. The number of nitrogens with zero attached hydrogens (tertiary/aromatic N) is 1. The number of carbonyl (C=O) groups excluding carboxylic acids is 2. The Hall–Kier alpha value is -2.38. The Morgan fingerprint density at radius 3 is 2.65 bits per heavy atom. The van der Waals surface area contributed by atoms with Crippen LogP contribution >= 0.6 is 11.6 Å². The van der Waals surface area contributed by atoms with Crippen LogP contribution in [0.1, 0.15) is 37.3 Å². The second-order valence-corrected chi connectivity index (χ2v) is 10.9. The predicted molar refractivity (Wildman–Crippen MR) is 121 cm³/mol. The van der Waals surface area contributed by atoms with Crippen molar-refractivity contribution >= 4 is 44.6 Å². The summed E-state index contributed by atoms with van der Waals surface area (Å²) in [6.07, 6.45) is 2.33. The molecule has 1 atom stereocenters. The number of benzene rings is 2. The molecule has 2 aromatic rings. The second-order valence-electron chi connectivity index (χ2n) is 8.36. The van der Waals surface area contributed by atoms with Crippen molar-refractivity contribution in [3.63, 3.8) is 0 Å². The molecule has 0 radical (unpaired) electrons. The first-order valence-electron chi connectivity index (χ1n) is 10.4. The Balaban J connectivity index is 1.44. The minimum Gasteiger partial charge on any atom is -0.326 e. The minimum atomic E-state index is -3.64. The van der Waals surface area contributed by atoms with Crippen molar-refractivity contribution in [3.8, 4) is 0 Å². The highest BCUT2D eigenvalue weighted by Crippen LogP contribution is 2.39. The van der Waals surface area contributed by atoms with Crippen molar-refractivity contribution in [3.05, 3.63) is 52.5 Å². The van der Waals surface area contributed by atoms with E-state index >= 15 is 0 Å². The molecule has 31 heavy (non-hydrogen) atoms. The lowest BCUT2D eigenvalue weighted by Gasteiger charge is -2.22. The highest BCUT2D eigenvalue weighted by Gasteiger charge is 2.39. The summed E-state index contributed by atoms with van der Waals surface area (Å²) < 4.78 is 25.7. The van der Waals surface area contributed by atoms with Crippen LogP contribution < -0.4 is 10.2 Å². The van der Waals surface area contributed by atoms with E-state index in [0.717, 1.165) is 29.7 Å². The molecule has 1 aliphatic heterocycles. The summed E-state index contributed by atoms with van der Waals surface area (Å²) >= 11 is 6.06. The van der Waals surface area contributed by atoms with Crippen LogP contribution in [-0.2, 0) is 25.8 Å². The number of hydrogen-bond donors (Lipinski definition) is 1. The molecule has 0 bridgehead atoms. The van der Waals surface area contributed by atoms with Gasteiger partial charge in [-0.25, -0.2) is 8.42 Å². The number of halogens is 1. The zero-order valence-corrected chi connectivity index (χ0v) is 19.1. The van der Waals surface area contributed by atoms with Crippen LogP contribution in [0.2, 0.25) is 5.02 Å². The first-order chi connectivity index (χ1) is 14.7. The number of nitrogens with one attached hydrogen (secondary N) is 1. The Morgan fingerprint density at radius 1 is 1.19 bits per heavy atom. The Labute approximate surface area is 187 Å². The monoisotopic (exact) mass is 460 g/mol. The van der Waals surface area contributed by atoms with Crippen LogP contribution in [-0.4, -0.2) is 32.0 Å². The van der Waals surface area contributed by atoms with Gasteiger partial charge in [0.15, 0.2) is 9.84 Å². The number of sulfone groups is 1. The highest BCUT2D eigenvalue weighted by molar-refractivity contribution is 7.91. The van der Waals surface area contributed by atoms with Crippen molar-refractivity contribution in [2.75, 3.05) is 16.0 Å². The van der Waals surface area contributed by atoms with E-state index in [-0.39, 0.29) is 40.8 Å². The number of fused-ring (bicyclic) bond motifs is 1. The van der Waals surface area contributed by atoms with Gasteiger partial charge in [-0.05, 0) is 74.6 Å². The summed E-state index contributed by atoms with van der Waals surface area (Å²) in [5, 5.41) is 3.26. The summed E-state index contributed by atoms with van der Waals surface area (Å²) in [5.41, 5.74) is 2.97. The van der Waals surface area contributed by atoms with Gasteiger partial charge in [0.25, 0.3) is 0 Å². The van der Waals surface area contributed by atoms with Crippen LogP contribution in [0.4, 0.5) is 11.4 Å². The maximum absolute atomic E-state index is 12.8. The number of carbonyl (C=O) groups is 2. The lowest BCUT2D eigenvalue weighted by molar-refractivity contribution is -0.120. The molecule has 0 spiro atoms. The largest absolute Gasteiger partial charge is 0.326 e. The molecule has 1 heterocycles. The molecule has 6 nitrogen and oxygen atoms in total. The Morgan fingerprint density at radius 2 is 1.94 bits per heavy atom. The fourth-order valence-electron chi connectivity index (χ4n) is 3.96. The summed E-state index contributed by atoms with van der Waals surface area (Å²) in [4.78, 5) is 26.9. The lowest BCUT2D eigenvalue weighted by atomic mass is 10.1. The molecule has 2 amide bonds. The molecule has 1 saturated carbocycles. The van der Waals surface area contributed by atoms with E-state index in [4.69, 9.17) is 11.6 Å². The van der Waals surface area contributed by atoms with Crippen molar-refractivity contribution in [2.24, 2.45) is 5.92 Å². The van der Waals surface area contributed by atoms with Gasteiger partial charge in [0.2, 0.25) is 11.8 Å². The van der Waals surface area contributed by atoms with Gasteiger partial charge in [-0.15, -0.1) is 0 Å². The van der Waals surface area contributed by atoms with Gasteiger partial charge in [-0.3, -0.25) is 9.59 Å². The first kappa shape index (κ1) is 21.8. The molecule has 0 aromatic heterocycles. The van der Waals surface area contributed by atoms with E-state index in [1.165, 1.54) is 0 Å². The van der Waals surface area contributed by atoms with Crippen LogP contribution in [0.15, 0.2) is 41.3 Å². The molecular weight excluding hydrogens is 436 g/mol. The van der Waals surface area contributed by atoms with Crippen LogP contribution in [0, 0.1) is 12.8 Å². The molecule has 164 valence electrons. The van der Waals surface area contributed by atoms with E-state index < -0.39 is 9.84 Å².